The molecule has 3 rings (SSSR count). The van der Waals surface area contributed by atoms with Gasteiger partial charge in [-0.1, -0.05) is 0 Å². The number of aromatic nitrogens is 1. The van der Waals surface area contributed by atoms with E-state index in [1.165, 1.54) is 12.8 Å². The van der Waals surface area contributed by atoms with E-state index in [1.54, 1.807) is 6.07 Å². The van der Waals surface area contributed by atoms with Crippen molar-refractivity contribution < 1.29 is 4.74 Å². The molecule has 0 atom stereocenters. The summed E-state index contributed by atoms with van der Waals surface area (Å²) in [5, 5.41) is 0. The average molecular weight is 248 g/mol. The number of hydrogen-bond acceptors (Lipinski definition) is 3. The van der Waals surface area contributed by atoms with Crippen LogP contribution in [0, 0.1) is 5.92 Å². The van der Waals surface area contributed by atoms with Gasteiger partial charge in [0.2, 0.25) is 0 Å². The van der Waals surface area contributed by atoms with Crippen LogP contribution in [0.2, 0.25) is 0 Å². The first-order valence-corrected chi connectivity index (χ1v) is 6.81. The van der Waals surface area contributed by atoms with E-state index < -0.39 is 0 Å². The second-order valence-corrected chi connectivity index (χ2v) is 5.36. The Morgan fingerprint density at radius 2 is 2.06 bits per heavy atom. The van der Waals surface area contributed by atoms with E-state index in [1.807, 2.05) is 10.8 Å². The highest BCUT2D eigenvalue weighted by Crippen LogP contribution is 2.29. The first-order chi connectivity index (χ1) is 8.81. The molecule has 18 heavy (non-hydrogen) atoms. The Hall–Kier alpha value is -1.13. The molecule has 2 aliphatic rings. The Morgan fingerprint density at radius 3 is 2.72 bits per heavy atom. The summed E-state index contributed by atoms with van der Waals surface area (Å²) in [7, 11) is 0. The first-order valence-electron chi connectivity index (χ1n) is 6.81. The summed E-state index contributed by atoms with van der Waals surface area (Å²) in [4.78, 5) is 14.3. The van der Waals surface area contributed by atoms with Crippen LogP contribution in [-0.4, -0.2) is 35.8 Å². The van der Waals surface area contributed by atoms with E-state index in [9.17, 15) is 4.79 Å². The second kappa shape index (κ2) is 5.24. The minimum Gasteiger partial charge on any atom is -0.379 e. The Morgan fingerprint density at radius 1 is 1.28 bits per heavy atom. The molecule has 4 heteroatoms. The zero-order valence-corrected chi connectivity index (χ0v) is 10.7. The largest absolute Gasteiger partial charge is 0.379 e. The van der Waals surface area contributed by atoms with Crippen molar-refractivity contribution in [3.63, 3.8) is 0 Å². The van der Waals surface area contributed by atoms with Crippen LogP contribution in [0.4, 0.5) is 0 Å². The zero-order chi connectivity index (χ0) is 12.4. The second-order valence-electron chi connectivity index (χ2n) is 5.36. The van der Waals surface area contributed by atoms with Gasteiger partial charge in [0.25, 0.3) is 5.56 Å². The third-order valence-corrected chi connectivity index (χ3v) is 3.72. The molecular weight excluding hydrogens is 228 g/mol. The molecule has 1 aromatic heterocycles. The van der Waals surface area contributed by atoms with Crippen molar-refractivity contribution >= 4 is 0 Å². The predicted molar refractivity (Wildman–Crippen MR) is 69.5 cm³/mol. The van der Waals surface area contributed by atoms with Crippen molar-refractivity contribution in [3.8, 4) is 0 Å². The van der Waals surface area contributed by atoms with Crippen LogP contribution in [0.3, 0.4) is 0 Å². The lowest BCUT2D eigenvalue weighted by Gasteiger charge is -2.26. The Kier molecular flexibility index (Phi) is 3.48. The molecule has 2 heterocycles. The van der Waals surface area contributed by atoms with Gasteiger partial charge in [-0.05, 0) is 30.4 Å². The van der Waals surface area contributed by atoms with Crippen LogP contribution in [0.25, 0.3) is 0 Å². The molecule has 4 nitrogen and oxygen atoms in total. The summed E-state index contributed by atoms with van der Waals surface area (Å²) in [6.07, 6.45) is 4.51. The lowest BCUT2D eigenvalue weighted by Crippen LogP contribution is -2.36. The molecule has 2 fully saturated rings. The quantitative estimate of drug-likeness (QED) is 0.800. The third kappa shape index (κ3) is 3.00. The molecule has 1 saturated heterocycles. The fraction of sp³-hybridized carbons (Fsp3) is 0.643. The fourth-order valence-electron chi connectivity index (χ4n) is 2.39. The lowest BCUT2D eigenvalue weighted by atomic mass is 10.2. The van der Waals surface area contributed by atoms with Crippen molar-refractivity contribution in [2.75, 3.05) is 26.3 Å². The number of hydrogen-bond donors (Lipinski definition) is 0. The minimum absolute atomic E-state index is 0.146. The molecule has 0 amide bonds. The van der Waals surface area contributed by atoms with Gasteiger partial charge in [-0.25, -0.2) is 0 Å². The molecule has 0 unspecified atom stereocenters. The molecule has 0 N–H and O–H groups in total. The van der Waals surface area contributed by atoms with Gasteiger partial charge >= 0.3 is 0 Å². The summed E-state index contributed by atoms with van der Waals surface area (Å²) >= 11 is 0. The zero-order valence-electron chi connectivity index (χ0n) is 10.7. The molecule has 98 valence electrons. The normalized spacial score (nSPS) is 21.1. The molecule has 0 bridgehead atoms. The Balaban J connectivity index is 1.65. The molecule has 1 saturated carbocycles. The van der Waals surface area contributed by atoms with Gasteiger partial charge in [0.1, 0.15) is 0 Å². The standard InChI is InChI=1S/C14H20N2O2/c17-14-9-13(10-15-5-7-18-8-6-15)3-4-16(14)11-12-1-2-12/h3-4,9,12H,1-2,5-8,10-11H2. The molecular formula is C14H20N2O2. The van der Waals surface area contributed by atoms with Crippen LogP contribution < -0.4 is 5.56 Å². The SMILES string of the molecule is O=c1cc(CN2CCOCC2)ccn1CC1CC1. The highest BCUT2D eigenvalue weighted by atomic mass is 16.5. The van der Waals surface area contributed by atoms with Crippen LogP contribution in [-0.2, 0) is 17.8 Å². The van der Waals surface area contributed by atoms with E-state index >= 15 is 0 Å². The summed E-state index contributed by atoms with van der Waals surface area (Å²) in [6, 6.07) is 3.87. The summed E-state index contributed by atoms with van der Waals surface area (Å²) in [6.45, 7) is 5.30. The number of pyridine rings is 1. The summed E-state index contributed by atoms with van der Waals surface area (Å²) in [5.41, 5.74) is 1.27. The molecule has 1 aliphatic carbocycles. The van der Waals surface area contributed by atoms with Crippen LogP contribution in [0.15, 0.2) is 23.1 Å². The summed E-state index contributed by atoms with van der Waals surface area (Å²) < 4.78 is 7.17. The predicted octanol–water partition coefficient (Wildman–Crippen LogP) is 1.09. The topological polar surface area (TPSA) is 34.5 Å². The van der Waals surface area contributed by atoms with Gasteiger partial charge < -0.3 is 9.30 Å². The number of ether oxygens (including phenoxy) is 1. The number of rotatable bonds is 4. The van der Waals surface area contributed by atoms with Crippen molar-refractivity contribution in [1.29, 1.82) is 0 Å². The van der Waals surface area contributed by atoms with E-state index in [4.69, 9.17) is 4.74 Å². The average Bonchev–Trinajstić information content (AvgIpc) is 3.18. The maximum Gasteiger partial charge on any atom is 0.250 e. The van der Waals surface area contributed by atoms with E-state index in [-0.39, 0.29) is 5.56 Å². The van der Waals surface area contributed by atoms with Gasteiger partial charge in [-0.3, -0.25) is 9.69 Å². The van der Waals surface area contributed by atoms with Gasteiger partial charge in [0, 0.05) is 38.4 Å². The summed E-state index contributed by atoms with van der Waals surface area (Å²) in [5.74, 6) is 0.743. The van der Waals surface area contributed by atoms with Crippen LogP contribution >= 0.6 is 0 Å². The van der Waals surface area contributed by atoms with E-state index in [0.717, 1.165) is 50.9 Å². The highest BCUT2D eigenvalue weighted by molar-refractivity contribution is 5.11. The fourth-order valence-corrected chi connectivity index (χ4v) is 2.39. The third-order valence-electron chi connectivity index (χ3n) is 3.72. The molecule has 0 spiro atoms. The molecule has 0 radical (unpaired) electrons. The van der Waals surface area contributed by atoms with E-state index in [0.29, 0.717) is 0 Å². The molecule has 0 aromatic carbocycles. The Bertz CT molecular complexity index is 459. The number of morpholine rings is 1. The van der Waals surface area contributed by atoms with Gasteiger partial charge in [0.05, 0.1) is 13.2 Å². The maximum absolute atomic E-state index is 12.0. The van der Waals surface area contributed by atoms with Crippen molar-refractivity contribution in [1.82, 2.24) is 9.47 Å². The monoisotopic (exact) mass is 248 g/mol. The molecule has 1 aliphatic heterocycles. The van der Waals surface area contributed by atoms with Gasteiger partial charge in [-0.2, -0.15) is 0 Å². The smallest absolute Gasteiger partial charge is 0.250 e. The maximum atomic E-state index is 12.0. The molecule has 1 aromatic rings. The van der Waals surface area contributed by atoms with Gasteiger partial charge in [-0.15, -0.1) is 0 Å². The number of nitrogens with zero attached hydrogens (tertiary/aromatic N) is 2. The minimum atomic E-state index is 0.146. The lowest BCUT2D eigenvalue weighted by molar-refractivity contribution is 0.0341. The van der Waals surface area contributed by atoms with Gasteiger partial charge in [0.15, 0.2) is 0 Å². The first kappa shape index (κ1) is 11.9. The van der Waals surface area contributed by atoms with Crippen molar-refractivity contribution in [2.24, 2.45) is 5.92 Å². The van der Waals surface area contributed by atoms with E-state index in [2.05, 4.69) is 11.0 Å². The van der Waals surface area contributed by atoms with Crippen molar-refractivity contribution in [3.05, 3.63) is 34.2 Å². The van der Waals surface area contributed by atoms with Crippen LogP contribution in [0.5, 0.6) is 0 Å². The Labute approximate surface area is 107 Å². The van der Waals surface area contributed by atoms with Crippen LogP contribution in [0.1, 0.15) is 18.4 Å². The van der Waals surface area contributed by atoms with Crippen molar-refractivity contribution in [2.45, 2.75) is 25.9 Å². The highest BCUT2D eigenvalue weighted by Gasteiger charge is 2.22.